The molecule has 31 heavy (non-hydrogen) atoms. The van der Waals surface area contributed by atoms with Crippen LogP contribution in [0.4, 0.5) is 0 Å². The van der Waals surface area contributed by atoms with Crippen molar-refractivity contribution >= 4 is 34.5 Å². The number of hydrogen-bond acceptors (Lipinski definition) is 3. The van der Waals surface area contributed by atoms with E-state index in [-0.39, 0.29) is 11.8 Å². The number of hydrogen-bond donors (Lipinski definition) is 1. The van der Waals surface area contributed by atoms with Crippen molar-refractivity contribution in [2.75, 3.05) is 25.4 Å². The fourth-order valence-corrected chi connectivity index (χ4v) is 5.09. The minimum Gasteiger partial charge on any atom is -0.350 e. The van der Waals surface area contributed by atoms with E-state index in [1.807, 2.05) is 48.2 Å². The normalized spacial score (nSPS) is 14.0. The van der Waals surface area contributed by atoms with Crippen molar-refractivity contribution in [1.82, 2.24) is 14.8 Å². The summed E-state index contributed by atoms with van der Waals surface area (Å²) in [5.74, 6) is 0.654. The van der Waals surface area contributed by atoms with Gasteiger partial charge in [-0.1, -0.05) is 36.4 Å². The van der Waals surface area contributed by atoms with E-state index >= 15 is 0 Å². The molecule has 1 N–H and O–H groups in total. The summed E-state index contributed by atoms with van der Waals surface area (Å²) in [5.41, 5.74) is 2.82. The fourth-order valence-electron chi connectivity index (χ4n) is 4.10. The van der Waals surface area contributed by atoms with Gasteiger partial charge in [-0.25, -0.2) is 0 Å². The summed E-state index contributed by atoms with van der Waals surface area (Å²) in [6.07, 6.45) is 5.57. The molecule has 0 unspecified atom stereocenters. The Morgan fingerprint density at radius 3 is 2.55 bits per heavy atom. The molecule has 0 aliphatic carbocycles. The number of aryl methyl sites for hydroxylation is 1. The number of para-hydroxylation sites is 1. The second-order valence-corrected chi connectivity index (χ2v) is 9.02. The van der Waals surface area contributed by atoms with Gasteiger partial charge in [-0.05, 0) is 43.9 Å². The molecule has 162 valence electrons. The van der Waals surface area contributed by atoms with Crippen molar-refractivity contribution in [3.8, 4) is 0 Å². The predicted octanol–water partition coefficient (Wildman–Crippen LogP) is 4.48. The number of fused-ring (bicyclic) bond motifs is 1. The van der Waals surface area contributed by atoms with E-state index in [9.17, 15) is 9.59 Å². The van der Waals surface area contributed by atoms with Crippen LogP contribution in [-0.4, -0.2) is 46.7 Å². The Kier molecular flexibility index (Phi) is 6.97. The van der Waals surface area contributed by atoms with Gasteiger partial charge in [0.25, 0.3) is 5.91 Å². The van der Waals surface area contributed by atoms with Crippen LogP contribution in [0.3, 0.4) is 0 Å². The van der Waals surface area contributed by atoms with Gasteiger partial charge in [0.1, 0.15) is 0 Å². The molecule has 2 aromatic carbocycles. The smallest absolute Gasteiger partial charge is 0.251 e. The van der Waals surface area contributed by atoms with Gasteiger partial charge in [0.05, 0.1) is 5.75 Å². The van der Waals surface area contributed by atoms with Gasteiger partial charge in [0.15, 0.2) is 0 Å². The Balaban J connectivity index is 1.40. The highest BCUT2D eigenvalue weighted by Crippen LogP contribution is 2.30. The SMILES string of the molecule is Cc1ccccc1C(=O)NCCn1cc(SCC(=O)N2CCCCC2)c2ccccc21. The molecule has 0 atom stereocenters. The Bertz CT molecular complexity index is 1070. The first-order valence-electron chi connectivity index (χ1n) is 11.0. The van der Waals surface area contributed by atoms with E-state index in [0.29, 0.717) is 24.4 Å². The van der Waals surface area contributed by atoms with Crippen LogP contribution in [0.25, 0.3) is 10.9 Å². The van der Waals surface area contributed by atoms with E-state index in [2.05, 4.69) is 28.2 Å². The molecule has 0 bridgehead atoms. The standard InChI is InChI=1S/C25H29N3O2S/c1-19-9-3-4-10-20(19)25(30)26-13-16-28-17-23(21-11-5-6-12-22(21)28)31-18-24(29)27-14-7-2-8-15-27/h3-6,9-12,17H,2,7-8,13-16,18H2,1H3,(H,26,30). The number of piperidine rings is 1. The molecule has 6 heteroatoms. The number of carbonyl (C=O) groups is 2. The molecular weight excluding hydrogens is 406 g/mol. The van der Waals surface area contributed by atoms with Crippen molar-refractivity contribution in [2.45, 2.75) is 37.6 Å². The first-order chi connectivity index (χ1) is 15.1. The van der Waals surface area contributed by atoms with E-state index in [4.69, 9.17) is 0 Å². The lowest BCUT2D eigenvalue weighted by atomic mass is 10.1. The van der Waals surface area contributed by atoms with E-state index in [1.165, 1.54) is 6.42 Å². The van der Waals surface area contributed by atoms with Gasteiger partial charge in [-0.2, -0.15) is 0 Å². The molecule has 1 fully saturated rings. The Hall–Kier alpha value is -2.73. The van der Waals surface area contributed by atoms with Crippen LogP contribution >= 0.6 is 11.8 Å². The molecule has 1 saturated heterocycles. The summed E-state index contributed by atoms with van der Waals surface area (Å²) < 4.78 is 2.17. The second-order valence-electron chi connectivity index (χ2n) is 8.00. The molecular formula is C25H29N3O2S. The number of rotatable bonds is 7. The van der Waals surface area contributed by atoms with E-state index in [1.54, 1.807) is 11.8 Å². The predicted molar refractivity (Wildman–Crippen MR) is 127 cm³/mol. The highest BCUT2D eigenvalue weighted by atomic mass is 32.2. The van der Waals surface area contributed by atoms with Crippen molar-refractivity contribution in [3.05, 3.63) is 65.9 Å². The largest absolute Gasteiger partial charge is 0.350 e. The number of likely N-dealkylation sites (tertiary alicyclic amines) is 1. The maximum Gasteiger partial charge on any atom is 0.251 e. The fraction of sp³-hybridized carbons (Fsp3) is 0.360. The number of nitrogens with one attached hydrogen (secondary N) is 1. The van der Waals surface area contributed by atoms with Crippen LogP contribution in [0.5, 0.6) is 0 Å². The number of amides is 2. The van der Waals surface area contributed by atoms with Crippen molar-refractivity contribution < 1.29 is 9.59 Å². The monoisotopic (exact) mass is 435 g/mol. The summed E-state index contributed by atoms with van der Waals surface area (Å²) in [4.78, 5) is 28.2. The maximum absolute atomic E-state index is 12.6. The van der Waals surface area contributed by atoms with Gasteiger partial charge in [0, 0.05) is 53.7 Å². The lowest BCUT2D eigenvalue weighted by Gasteiger charge is -2.26. The molecule has 4 rings (SSSR count). The van der Waals surface area contributed by atoms with Crippen LogP contribution < -0.4 is 5.32 Å². The average molecular weight is 436 g/mol. The topological polar surface area (TPSA) is 54.3 Å². The quantitative estimate of drug-likeness (QED) is 0.557. The minimum atomic E-state index is -0.0451. The molecule has 0 radical (unpaired) electrons. The van der Waals surface area contributed by atoms with E-state index < -0.39 is 0 Å². The molecule has 2 amide bonds. The average Bonchev–Trinajstić information content (AvgIpc) is 3.16. The first-order valence-corrected chi connectivity index (χ1v) is 11.9. The Labute approximate surface area is 187 Å². The molecule has 2 heterocycles. The molecule has 1 aromatic heterocycles. The maximum atomic E-state index is 12.6. The highest BCUT2D eigenvalue weighted by molar-refractivity contribution is 8.00. The lowest BCUT2D eigenvalue weighted by molar-refractivity contribution is -0.129. The van der Waals surface area contributed by atoms with Gasteiger partial charge in [-0.3, -0.25) is 9.59 Å². The third kappa shape index (κ3) is 5.13. The summed E-state index contributed by atoms with van der Waals surface area (Å²) in [7, 11) is 0. The van der Waals surface area contributed by atoms with Crippen molar-refractivity contribution in [3.63, 3.8) is 0 Å². The molecule has 1 aliphatic rings. The molecule has 3 aromatic rings. The van der Waals surface area contributed by atoms with Crippen molar-refractivity contribution in [1.29, 1.82) is 0 Å². The third-order valence-electron chi connectivity index (χ3n) is 5.84. The van der Waals surface area contributed by atoms with Crippen LogP contribution in [-0.2, 0) is 11.3 Å². The van der Waals surface area contributed by atoms with Gasteiger partial charge >= 0.3 is 0 Å². The van der Waals surface area contributed by atoms with Crippen LogP contribution in [0.15, 0.2) is 59.6 Å². The van der Waals surface area contributed by atoms with Crippen LogP contribution in [0.2, 0.25) is 0 Å². The zero-order chi connectivity index (χ0) is 21.6. The number of nitrogens with zero attached hydrogens (tertiary/aromatic N) is 2. The molecule has 1 aliphatic heterocycles. The molecule has 0 spiro atoms. The zero-order valence-corrected chi connectivity index (χ0v) is 18.8. The summed E-state index contributed by atoms with van der Waals surface area (Å²) >= 11 is 1.61. The third-order valence-corrected chi connectivity index (χ3v) is 6.87. The summed E-state index contributed by atoms with van der Waals surface area (Å²) in [5, 5.41) is 4.18. The van der Waals surface area contributed by atoms with Gasteiger partial charge in [-0.15, -0.1) is 11.8 Å². The molecule has 0 saturated carbocycles. The number of benzene rings is 2. The lowest BCUT2D eigenvalue weighted by Crippen LogP contribution is -2.36. The molecule has 5 nitrogen and oxygen atoms in total. The second kappa shape index (κ2) is 10.1. The van der Waals surface area contributed by atoms with E-state index in [0.717, 1.165) is 47.3 Å². The number of carbonyl (C=O) groups excluding carboxylic acids is 2. The van der Waals surface area contributed by atoms with Crippen LogP contribution in [0, 0.1) is 6.92 Å². The number of thioether (sulfide) groups is 1. The van der Waals surface area contributed by atoms with Gasteiger partial charge < -0.3 is 14.8 Å². The zero-order valence-electron chi connectivity index (χ0n) is 18.0. The Morgan fingerprint density at radius 2 is 1.74 bits per heavy atom. The summed E-state index contributed by atoms with van der Waals surface area (Å²) in [6.45, 7) is 4.95. The van der Waals surface area contributed by atoms with Crippen molar-refractivity contribution in [2.24, 2.45) is 0 Å². The van der Waals surface area contributed by atoms with Crippen LogP contribution in [0.1, 0.15) is 35.2 Å². The number of aromatic nitrogens is 1. The van der Waals surface area contributed by atoms with Gasteiger partial charge in [0.2, 0.25) is 5.91 Å². The minimum absolute atomic E-state index is 0.0451. The highest BCUT2D eigenvalue weighted by Gasteiger charge is 2.18. The first kappa shape index (κ1) is 21.5. The Morgan fingerprint density at radius 1 is 1.00 bits per heavy atom. The summed E-state index contributed by atoms with van der Waals surface area (Å²) in [6, 6.07) is 15.9.